The maximum atomic E-state index is 13.9. The predicted octanol–water partition coefficient (Wildman–Crippen LogP) is 6.20. The highest BCUT2D eigenvalue weighted by molar-refractivity contribution is 8.02. The maximum absolute atomic E-state index is 13.9. The van der Waals surface area contributed by atoms with Crippen LogP contribution in [0.4, 0.5) is 37.7 Å². The van der Waals surface area contributed by atoms with Crippen molar-refractivity contribution in [2.75, 3.05) is 15.6 Å². The molecular formula is C25H16F6N2O2S. The van der Waals surface area contributed by atoms with Crippen LogP contribution in [-0.4, -0.2) is 17.6 Å². The van der Waals surface area contributed by atoms with Crippen LogP contribution in [-0.2, 0) is 33.4 Å². The van der Waals surface area contributed by atoms with E-state index in [1.807, 2.05) is 0 Å². The zero-order valence-electron chi connectivity index (χ0n) is 18.2. The summed E-state index contributed by atoms with van der Waals surface area (Å²) in [6, 6.07) is 15.2. The summed E-state index contributed by atoms with van der Waals surface area (Å²) in [4.78, 5) is 27.7. The maximum Gasteiger partial charge on any atom is 0.416 e. The second-order valence-electron chi connectivity index (χ2n) is 8.31. The Morgan fingerprint density at radius 1 is 0.806 bits per heavy atom. The number of carbonyl (C=O) groups is 2. The minimum Gasteiger partial charge on any atom is -0.304 e. The molecule has 0 N–H and O–H groups in total. The molecule has 2 heterocycles. The molecule has 2 aliphatic rings. The van der Waals surface area contributed by atoms with E-state index in [9.17, 15) is 35.9 Å². The number of alkyl halides is 6. The molecule has 1 fully saturated rings. The molecule has 5 rings (SSSR count). The van der Waals surface area contributed by atoms with Gasteiger partial charge in [0.05, 0.1) is 29.1 Å². The molecule has 1 unspecified atom stereocenters. The van der Waals surface area contributed by atoms with Gasteiger partial charge in [0.1, 0.15) is 0 Å². The second-order valence-corrected chi connectivity index (χ2v) is 9.48. The molecule has 0 aliphatic carbocycles. The highest BCUT2D eigenvalue weighted by Gasteiger charge is 2.61. The van der Waals surface area contributed by atoms with E-state index in [1.54, 1.807) is 24.3 Å². The number of amides is 2. The summed E-state index contributed by atoms with van der Waals surface area (Å²) in [7, 11) is 0. The lowest BCUT2D eigenvalue weighted by Gasteiger charge is -2.33. The van der Waals surface area contributed by atoms with E-state index in [2.05, 4.69) is 0 Å². The average molecular weight is 522 g/mol. The van der Waals surface area contributed by atoms with Crippen LogP contribution in [0.2, 0.25) is 0 Å². The molecule has 2 amide bonds. The average Bonchev–Trinajstić information content (AvgIpc) is 3.29. The topological polar surface area (TPSA) is 40.6 Å². The number of fused-ring (bicyclic) bond motifs is 2. The fraction of sp³-hybridized carbons (Fsp3) is 0.200. The number of benzene rings is 3. The van der Waals surface area contributed by atoms with Crippen molar-refractivity contribution in [1.29, 1.82) is 0 Å². The molecular weight excluding hydrogens is 506 g/mol. The van der Waals surface area contributed by atoms with Crippen LogP contribution >= 0.6 is 11.8 Å². The van der Waals surface area contributed by atoms with Crippen LogP contribution in [0, 0.1) is 0 Å². The van der Waals surface area contributed by atoms with Gasteiger partial charge in [0, 0.05) is 11.3 Å². The molecule has 1 saturated heterocycles. The quantitative estimate of drug-likeness (QED) is 0.385. The second kappa shape index (κ2) is 8.29. The Morgan fingerprint density at radius 2 is 1.47 bits per heavy atom. The summed E-state index contributed by atoms with van der Waals surface area (Å²) in [5, 5.41) is 0. The third-order valence-corrected chi connectivity index (χ3v) is 7.50. The standard InChI is InChI=1S/C25H16F6N2O2S/c26-24(27,28)16-10-8-15(9-11-16)13-32-20-7-2-1-6-19(20)23(22(32)35)33(21(34)14-36-23)18-5-3-4-17(12-18)25(29,30)31/h1-12H,13-14H2. The first-order chi connectivity index (χ1) is 16.9. The van der Waals surface area contributed by atoms with Gasteiger partial charge >= 0.3 is 12.4 Å². The van der Waals surface area contributed by atoms with Crippen molar-refractivity contribution in [3.05, 3.63) is 95.1 Å². The van der Waals surface area contributed by atoms with Crippen LogP contribution in [0.3, 0.4) is 0 Å². The monoisotopic (exact) mass is 522 g/mol. The van der Waals surface area contributed by atoms with E-state index in [-0.39, 0.29) is 18.0 Å². The van der Waals surface area contributed by atoms with Gasteiger partial charge in [-0.3, -0.25) is 14.5 Å². The van der Waals surface area contributed by atoms with Gasteiger partial charge in [-0.2, -0.15) is 26.3 Å². The smallest absolute Gasteiger partial charge is 0.304 e. The largest absolute Gasteiger partial charge is 0.416 e. The molecule has 1 atom stereocenters. The van der Waals surface area contributed by atoms with Crippen molar-refractivity contribution in [2.24, 2.45) is 0 Å². The minimum absolute atomic E-state index is 0.0700. The van der Waals surface area contributed by atoms with E-state index in [1.165, 1.54) is 29.2 Å². The fourth-order valence-corrected chi connectivity index (χ4v) is 5.87. The van der Waals surface area contributed by atoms with Crippen molar-refractivity contribution in [3.63, 3.8) is 0 Å². The predicted molar refractivity (Wildman–Crippen MR) is 122 cm³/mol. The third-order valence-electron chi connectivity index (χ3n) is 6.12. The van der Waals surface area contributed by atoms with Gasteiger partial charge in [-0.1, -0.05) is 36.4 Å². The molecule has 4 nitrogen and oxygen atoms in total. The zero-order chi connectivity index (χ0) is 25.9. The Morgan fingerprint density at radius 3 is 2.14 bits per heavy atom. The first-order valence-electron chi connectivity index (χ1n) is 10.6. The lowest BCUT2D eigenvalue weighted by atomic mass is 10.0. The summed E-state index contributed by atoms with van der Waals surface area (Å²) in [5.41, 5.74) is -0.581. The normalized spacial score (nSPS) is 19.9. The minimum atomic E-state index is -4.65. The van der Waals surface area contributed by atoms with Gasteiger partial charge in [0.25, 0.3) is 5.91 Å². The van der Waals surface area contributed by atoms with E-state index in [4.69, 9.17) is 0 Å². The SMILES string of the molecule is O=C1CSC2(C(=O)N(Cc3ccc(C(F)(F)F)cc3)c3ccccc32)N1c1cccc(C(F)(F)F)c1. The molecule has 0 bridgehead atoms. The van der Waals surface area contributed by atoms with Crippen LogP contribution in [0.1, 0.15) is 22.3 Å². The molecule has 186 valence electrons. The van der Waals surface area contributed by atoms with Crippen LogP contribution in [0.25, 0.3) is 0 Å². The molecule has 11 heteroatoms. The highest BCUT2D eigenvalue weighted by Crippen LogP contribution is 2.56. The molecule has 36 heavy (non-hydrogen) atoms. The Hall–Kier alpha value is -3.47. The van der Waals surface area contributed by atoms with Crippen LogP contribution < -0.4 is 9.80 Å². The first kappa shape index (κ1) is 24.2. The molecule has 0 saturated carbocycles. The Bertz CT molecular complexity index is 1360. The van der Waals surface area contributed by atoms with E-state index in [0.717, 1.165) is 40.9 Å². The van der Waals surface area contributed by atoms with Crippen molar-refractivity contribution < 1.29 is 35.9 Å². The number of thioether (sulfide) groups is 1. The van der Waals surface area contributed by atoms with Crippen LogP contribution in [0.5, 0.6) is 0 Å². The van der Waals surface area contributed by atoms with Crippen molar-refractivity contribution in [2.45, 2.75) is 23.8 Å². The number of hydrogen-bond acceptors (Lipinski definition) is 3. The fourth-order valence-electron chi connectivity index (χ4n) is 4.52. The highest BCUT2D eigenvalue weighted by atomic mass is 32.2. The number of hydrogen-bond donors (Lipinski definition) is 0. The summed E-state index contributed by atoms with van der Waals surface area (Å²) in [5.74, 6) is -1.22. The number of anilines is 2. The molecule has 1 spiro atoms. The molecule has 2 aliphatic heterocycles. The van der Waals surface area contributed by atoms with E-state index >= 15 is 0 Å². The Kier molecular flexibility index (Phi) is 5.58. The molecule has 3 aromatic rings. The Balaban J connectivity index is 1.57. The van der Waals surface area contributed by atoms with Gasteiger partial charge in [0.2, 0.25) is 10.8 Å². The third kappa shape index (κ3) is 3.82. The zero-order valence-corrected chi connectivity index (χ0v) is 19.0. The number of carbonyl (C=O) groups excluding carboxylic acids is 2. The number of halogens is 6. The first-order valence-corrected chi connectivity index (χ1v) is 11.6. The number of rotatable bonds is 3. The summed E-state index contributed by atoms with van der Waals surface area (Å²) < 4.78 is 79.0. The Labute approximate surface area is 205 Å². The van der Waals surface area contributed by atoms with Gasteiger partial charge in [0.15, 0.2) is 0 Å². The van der Waals surface area contributed by atoms with Crippen molar-refractivity contribution >= 4 is 35.0 Å². The van der Waals surface area contributed by atoms with E-state index < -0.39 is 40.2 Å². The molecule has 0 radical (unpaired) electrons. The molecule has 3 aromatic carbocycles. The lowest BCUT2D eigenvalue weighted by Crippen LogP contribution is -2.49. The summed E-state index contributed by atoms with van der Waals surface area (Å²) >= 11 is 1.00. The van der Waals surface area contributed by atoms with Crippen molar-refractivity contribution in [1.82, 2.24) is 0 Å². The van der Waals surface area contributed by atoms with Gasteiger partial charge in [-0.15, -0.1) is 11.8 Å². The molecule has 0 aromatic heterocycles. The number of nitrogens with zero attached hydrogens (tertiary/aromatic N) is 2. The summed E-state index contributed by atoms with van der Waals surface area (Å²) in [6.45, 7) is -0.0824. The lowest BCUT2D eigenvalue weighted by molar-refractivity contribution is -0.138. The van der Waals surface area contributed by atoms with Crippen LogP contribution in [0.15, 0.2) is 72.8 Å². The van der Waals surface area contributed by atoms with Crippen molar-refractivity contribution in [3.8, 4) is 0 Å². The summed E-state index contributed by atoms with van der Waals surface area (Å²) in [6.07, 6.45) is -9.16. The number of para-hydroxylation sites is 1. The van der Waals surface area contributed by atoms with Gasteiger partial charge in [-0.25, -0.2) is 0 Å². The van der Waals surface area contributed by atoms with E-state index in [0.29, 0.717) is 16.8 Å². The van der Waals surface area contributed by atoms with Gasteiger partial charge < -0.3 is 4.90 Å². The van der Waals surface area contributed by atoms with Gasteiger partial charge in [-0.05, 0) is 42.0 Å².